The van der Waals surface area contributed by atoms with Crippen molar-refractivity contribution in [3.05, 3.63) is 29.3 Å². The Morgan fingerprint density at radius 2 is 1.90 bits per heavy atom. The van der Waals surface area contributed by atoms with Crippen molar-refractivity contribution in [1.82, 2.24) is 4.31 Å². The predicted molar refractivity (Wildman–Crippen MR) is 83.6 cm³/mol. The van der Waals surface area contributed by atoms with E-state index < -0.39 is 10.0 Å². The summed E-state index contributed by atoms with van der Waals surface area (Å²) < 4.78 is 27.7. The standard InChI is InChI=1S/C16H25NO3S/c1-3-14-10-9-13(12-18)11-16(14)21(19,20)17(4-2)15-7-5-6-8-15/h9-11,15,18H,3-8,12H2,1-2H3. The maximum absolute atomic E-state index is 13.0. The van der Waals surface area contributed by atoms with Crippen molar-refractivity contribution in [2.24, 2.45) is 0 Å². The van der Waals surface area contributed by atoms with Crippen LogP contribution in [0.1, 0.15) is 50.7 Å². The molecule has 1 saturated carbocycles. The normalized spacial score (nSPS) is 16.8. The second kappa shape index (κ2) is 6.90. The van der Waals surface area contributed by atoms with Gasteiger partial charge in [0.2, 0.25) is 10.0 Å². The minimum Gasteiger partial charge on any atom is -0.392 e. The van der Waals surface area contributed by atoms with Gasteiger partial charge in [0.25, 0.3) is 0 Å². The summed E-state index contributed by atoms with van der Waals surface area (Å²) in [6.45, 7) is 4.22. The van der Waals surface area contributed by atoms with Crippen molar-refractivity contribution in [3.63, 3.8) is 0 Å². The zero-order valence-corrected chi connectivity index (χ0v) is 13.7. The highest BCUT2D eigenvalue weighted by molar-refractivity contribution is 7.89. The van der Waals surface area contributed by atoms with Gasteiger partial charge >= 0.3 is 0 Å². The largest absolute Gasteiger partial charge is 0.392 e. The Balaban J connectivity index is 2.45. The van der Waals surface area contributed by atoms with Crippen molar-refractivity contribution in [3.8, 4) is 0 Å². The van der Waals surface area contributed by atoms with Crippen molar-refractivity contribution >= 4 is 10.0 Å². The Hall–Kier alpha value is -0.910. The summed E-state index contributed by atoms with van der Waals surface area (Å²) >= 11 is 0. The number of benzene rings is 1. The minimum atomic E-state index is -3.49. The Kier molecular flexibility index (Phi) is 5.41. The molecule has 118 valence electrons. The van der Waals surface area contributed by atoms with Gasteiger partial charge in [0.05, 0.1) is 11.5 Å². The minimum absolute atomic E-state index is 0.127. The molecule has 0 amide bonds. The van der Waals surface area contributed by atoms with E-state index in [1.54, 1.807) is 16.4 Å². The van der Waals surface area contributed by atoms with Crippen molar-refractivity contribution in [2.45, 2.75) is 63.5 Å². The fourth-order valence-electron chi connectivity index (χ4n) is 3.17. The quantitative estimate of drug-likeness (QED) is 0.879. The van der Waals surface area contributed by atoms with E-state index in [2.05, 4.69) is 0 Å². The molecule has 1 aliphatic rings. The molecule has 0 aliphatic heterocycles. The Labute approximate surface area is 127 Å². The van der Waals surface area contributed by atoms with Crippen LogP contribution in [0.2, 0.25) is 0 Å². The molecule has 0 unspecified atom stereocenters. The molecule has 4 nitrogen and oxygen atoms in total. The summed E-state index contributed by atoms with van der Waals surface area (Å²) in [6.07, 6.45) is 4.78. The van der Waals surface area contributed by atoms with Crippen LogP contribution in [0.3, 0.4) is 0 Å². The van der Waals surface area contributed by atoms with Gasteiger partial charge in [-0.1, -0.05) is 38.8 Å². The van der Waals surface area contributed by atoms with Crippen LogP contribution in [0, 0.1) is 0 Å². The number of sulfonamides is 1. The molecule has 0 radical (unpaired) electrons. The lowest BCUT2D eigenvalue weighted by atomic mass is 10.1. The third-order valence-corrected chi connectivity index (χ3v) is 6.43. The monoisotopic (exact) mass is 311 g/mol. The lowest BCUT2D eigenvalue weighted by molar-refractivity contribution is 0.281. The molecule has 0 bridgehead atoms. The number of aliphatic hydroxyl groups excluding tert-OH is 1. The van der Waals surface area contributed by atoms with Crippen LogP contribution in [0.15, 0.2) is 23.1 Å². The number of aryl methyl sites for hydroxylation is 1. The zero-order chi connectivity index (χ0) is 15.5. The van der Waals surface area contributed by atoms with Gasteiger partial charge in [0.1, 0.15) is 0 Å². The van der Waals surface area contributed by atoms with E-state index in [0.717, 1.165) is 31.2 Å². The van der Waals surface area contributed by atoms with E-state index in [-0.39, 0.29) is 12.6 Å². The summed E-state index contributed by atoms with van der Waals surface area (Å²) in [6, 6.07) is 5.37. The molecule has 1 fully saturated rings. The van der Waals surface area contributed by atoms with Gasteiger partial charge in [-0.15, -0.1) is 0 Å². The number of hydrogen-bond acceptors (Lipinski definition) is 3. The highest BCUT2D eigenvalue weighted by Crippen LogP contribution is 2.30. The molecule has 1 N–H and O–H groups in total. The summed E-state index contributed by atoms with van der Waals surface area (Å²) in [5.41, 5.74) is 1.47. The fourth-order valence-corrected chi connectivity index (χ4v) is 5.21. The fraction of sp³-hybridized carbons (Fsp3) is 0.625. The first-order valence-corrected chi connectivity index (χ1v) is 9.23. The number of nitrogens with zero attached hydrogens (tertiary/aromatic N) is 1. The maximum atomic E-state index is 13.0. The average molecular weight is 311 g/mol. The molecule has 0 spiro atoms. The van der Waals surface area contributed by atoms with Crippen molar-refractivity contribution < 1.29 is 13.5 Å². The second-order valence-corrected chi connectivity index (χ2v) is 7.46. The summed E-state index contributed by atoms with van der Waals surface area (Å²) in [5.74, 6) is 0. The number of aliphatic hydroxyl groups is 1. The molecule has 1 aliphatic carbocycles. The van der Waals surface area contributed by atoms with Gasteiger partial charge in [-0.05, 0) is 36.5 Å². The Bertz CT molecular complexity index is 577. The van der Waals surface area contributed by atoms with E-state index in [1.165, 1.54) is 0 Å². The summed E-state index contributed by atoms with van der Waals surface area (Å²) in [4.78, 5) is 0.366. The number of hydrogen-bond donors (Lipinski definition) is 1. The maximum Gasteiger partial charge on any atom is 0.243 e. The topological polar surface area (TPSA) is 57.6 Å². The highest BCUT2D eigenvalue weighted by Gasteiger charge is 2.33. The van der Waals surface area contributed by atoms with E-state index in [4.69, 9.17) is 0 Å². The molecular weight excluding hydrogens is 286 g/mol. The number of rotatable bonds is 6. The third-order valence-electron chi connectivity index (χ3n) is 4.33. The summed E-state index contributed by atoms with van der Waals surface area (Å²) in [5, 5.41) is 9.29. The van der Waals surface area contributed by atoms with Crippen LogP contribution in [0.5, 0.6) is 0 Å². The molecule has 0 aromatic heterocycles. The Morgan fingerprint density at radius 1 is 1.24 bits per heavy atom. The molecule has 2 rings (SSSR count). The van der Waals surface area contributed by atoms with Gasteiger partial charge in [-0.25, -0.2) is 8.42 Å². The molecule has 0 heterocycles. The van der Waals surface area contributed by atoms with Gasteiger partial charge in [-0.2, -0.15) is 4.31 Å². The molecule has 0 saturated heterocycles. The average Bonchev–Trinajstić information content (AvgIpc) is 3.01. The zero-order valence-electron chi connectivity index (χ0n) is 12.9. The van der Waals surface area contributed by atoms with Crippen LogP contribution in [0.25, 0.3) is 0 Å². The molecule has 1 aromatic rings. The van der Waals surface area contributed by atoms with E-state index in [1.807, 2.05) is 19.9 Å². The van der Waals surface area contributed by atoms with Crippen LogP contribution in [0.4, 0.5) is 0 Å². The molecule has 0 atom stereocenters. The first kappa shape index (κ1) is 16.5. The lowest BCUT2D eigenvalue weighted by Crippen LogP contribution is -2.39. The molecule has 21 heavy (non-hydrogen) atoms. The van der Waals surface area contributed by atoms with Crippen molar-refractivity contribution in [2.75, 3.05) is 6.54 Å². The van der Waals surface area contributed by atoms with Crippen LogP contribution < -0.4 is 0 Å². The SMILES string of the molecule is CCc1ccc(CO)cc1S(=O)(=O)N(CC)C1CCCC1. The van der Waals surface area contributed by atoms with E-state index in [0.29, 0.717) is 23.4 Å². The van der Waals surface area contributed by atoms with E-state index in [9.17, 15) is 13.5 Å². The molecular formula is C16H25NO3S. The highest BCUT2D eigenvalue weighted by atomic mass is 32.2. The molecule has 1 aromatic carbocycles. The van der Waals surface area contributed by atoms with Crippen LogP contribution >= 0.6 is 0 Å². The first-order chi connectivity index (χ1) is 10.0. The second-order valence-electron chi connectivity index (χ2n) is 5.60. The first-order valence-electron chi connectivity index (χ1n) is 7.79. The van der Waals surface area contributed by atoms with Crippen LogP contribution in [-0.4, -0.2) is 30.4 Å². The van der Waals surface area contributed by atoms with Crippen molar-refractivity contribution in [1.29, 1.82) is 0 Å². The van der Waals surface area contributed by atoms with Gasteiger partial charge in [-0.3, -0.25) is 0 Å². The molecule has 5 heteroatoms. The van der Waals surface area contributed by atoms with Gasteiger partial charge < -0.3 is 5.11 Å². The van der Waals surface area contributed by atoms with Crippen LogP contribution in [-0.2, 0) is 23.1 Å². The Morgan fingerprint density at radius 3 is 2.43 bits per heavy atom. The predicted octanol–water partition coefficient (Wildman–Crippen LogP) is 2.69. The summed E-state index contributed by atoms with van der Waals surface area (Å²) in [7, 11) is -3.49. The van der Waals surface area contributed by atoms with Gasteiger partial charge in [0.15, 0.2) is 0 Å². The third kappa shape index (κ3) is 3.30. The van der Waals surface area contributed by atoms with Gasteiger partial charge in [0, 0.05) is 12.6 Å². The lowest BCUT2D eigenvalue weighted by Gasteiger charge is -2.27. The smallest absolute Gasteiger partial charge is 0.243 e. The van der Waals surface area contributed by atoms with E-state index >= 15 is 0 Å².